The number of nitrogens with zero attached hydrogens (tertiary/aromatic N) is 4. The summed E-state index contributed by atoms with van der Waals surface area (Å²) in [7, 11) is 5.22. The highest BCUT2D eigenvalue weighted by molar-refractivity contribution is 7.99. The van der Waals surface area contributed by atoms with E-state index >= 15 is 0 Å². The molecule has 1 fully saturated rings. The van der Waals surface area contributed by atoms with Crippen LogP contribution in [-0.2, 0) is 11.3 Å². The molecule has 1 amide bonds. The molecule has 3 rings (SSSR count). The van der Waals surface area contributed by atoms with Crippen LogP contribution >= 0.6 is 11.8 Å². The minimum absolute atomic E-state index is 0.0826. The fourth-order valence-corrected chi connectivity index (χ4v) is 4.40. The Balaban J connectivity index is 1.76. The number of hydrogen-bond acceptors (Lipinski definition) is 6. The number of aromatic nitrogens is 3. The molecule has 1 aliphatic rings. The number of carbonyl (C=O) groups excluding carboxylic acids is 1. The number of hydrogen-bond donors (Lipinski definition) is 1. The number of carbonyl (C=O) groups is 1. The number of benzene rings is 1. The lowest BCUT2D eigenvalue weighted by atomic mass is 9.95. The van der Waals surface area contributed by atoms with Crippen LogP contribution in [0.2, 0.25) is 0 Å². The lowest BCUT2D eigenvalue weighted by Gasteiger charge is -2.25. The molecule has 1 heterocycles. The first-order valence-electron chi connectivity index (χ1n) is 9.73. The number of anilines is 1. The third kappa shape index (κ3) is 5.19. The molecule has 0 radical (unpaired) electrons. The molecule has 0 saturated heterocycles. The lowest BCUT2D eigenvalue weighted by molar-refractivity contribution is -0.125. The van der Waals surface area contributed by atoms with Gasteiger partial charge in [-0.05, 0) is 25.0 Å². The van der Waals surface area contributed by atoms with E-state index in [0.717, 1.165) is 35.3 Å². The summed E-state index contributed by atoms with van der Waals surface area (Å²) in [5.74, 6) is 2.19. The van der Waals surface area contributed by atoms with Gasteiger partial charge in [-0.15, -0.1) is 10.2 Å². The summed E-state index contributed by atoms with van der Waals surface area (Å²) >= 11 is 1.48. The van der Waals surface area contributed by atoms with Gasteiger partial charge < -0.3 is 19.5 Å². The van der Waals surface area contributed by atoms with Gasteiger partial charge in [0, 0.05) is 31.9 Å². The Morgan fingerprint density at radius 2 is 2.07 bits per heavy atom. The fraction of sp³-hybridized carbons (Fsp3) is 0.550. The van der Waals surface area contributed by atoms with E-state index in [2.05, 4.69) is 20.1 Å². The largest absolute Gasteiger partial charge is 0.497 e. The van der Waals surface area contributed by atoms with Crippen LogP contribution in [0, 0.1) is 0 Å². The van der Waals surface area contributed by atoms with Gasteiger partial charge in [-0.3, -0.25) is 4.79 Å². The molecule has 0 atom stereocenters. The first kappa shape index (κ1) is 20.5. The number of thioether (sulfide) groups is 1. The van der Waals surface area contributed by atoms with Gasteiger partial charge in [-0.2, -0.15) is 0 Å². The van der Waals surface area contributed by atoms with E-state index in [0.29, 0.717) is 18.3 Å². The van der Waals surface area contributed by atoms with Crippen molar-refractivity contribution in [3.8, 4) is 5.75 Å². The van der Waals surface area contributed by atoms with Crippen molar-refractivity contribution in [2.24, 2.45) is 0 Å². The maximum atomic E-state index is 12.0. The maximum Gasteiger partial charge on any atom is 0.232 e. The van der Waals surface area contributed by atoms with Crippen molar-refractivity contribution in [1.29, 1.82) is 0 Å². The Labute approximate surface area is 170 Å². The number of methoxy groups -OCH3 is 1. The summed E-state index contributed by atoms with van der Waals surface area (Å²) in [6, 6.07) is 8.26. The van der Waals surface area contributed by atoms with Crippen LogP contribution in [0.1, 0.15) is 44.0 Å². The van der Waals surface area contributed by atoms with Crippen molar-refractivity contribution < 1.29 is 9.53 Å². The fourth-order valence-electron chi connectivity index (χ4n) is 3.40. The standard InChI is InChI=1S/C20H29N5O2S/c1-24(2)19(26)14-28-20-23-22-18(25(20)16-9-5-4-6-10-16)13-21-15-8-7-11-17(12-15)27-3/h7-8,11-12,16,21H,4-6,9-10,13-14H2,1-3H3. The van der Waals surface area contributed by atoms with Crippen LogP contribution in [0.3, 0.4) is 0 Å². The average molecular weight is 404 g/mol. The molecule has 28 heavy (non-hydrogen) atoms. The highest BCUT2D eigenvalue weighted by atomic mass is 32.2. The van der Waals surface area contributed by atoms with Crippen LogP contribution < -0.4 is 10.1 Å². The first-order valence-corrected chi connectivity index (χ1v) is 10.7. The Kier molecular flexibility index (Phi) is 7.19. The molecular weight excluding hydrogens is 374 g/mol. The van der Waals surface area contributed by atoms with Crippen LogP contribution in [0.5, 0.6) is 5.75 Å². The van der Waals surface area contributed by atoms with E-state index in [4.69, 9.17) is 4.74 Å². The number of rotatable bonds is 8. The number of ether oxygens (including phenoxy) is 1. The van der Waals surface area contributed by atoms with E-state index in [9.17, 15) is 4.79 Å². The summed E-state index contributed by atoms with van der Waals surface area (Å²) in [5, 5.41) is 13.1. The van der Waals surface area contributed by atoms with Crippen molar-refractivity contribution in [3.63, 3.8) is 0 Å². The van der Waals surface area contributed by atoms with Gasteiger partial charge in [0.25, 0.3) is 0 Å². The molecule has 0 aliphatic heterocycles. The smallest absolute Gasteiger partial charge is 0.232 e. The van der Waals surface area contributed by atoms with Gasteiger partial charge in [0.15, 0.2) is 11.0 Å². The number of amides is 1. The summed E-state index contributed by atoms with van der Waals surface area (Å²) < 4.78 is 7.54. The van der Waals surface area contributed by atoms with E-state index < -0.39 is 0 Å². The van der Waals surface area contributed by atoms with Crippen LogP contribution in [0.4, 0.5) is 5.69 Å². The second-order valence-electron chi connectivity index (χ2n) is 7.22. The molecular formula is C20H29N5O2S. The number of nitrogens with one attached hydrogen (secondary N) is 1. The monoisotopic (exact) mass is 403 g/mol. The first-order chi connectivity index (χ1) is 13.6. The minimum atomic E-state index is 0.0826. The Bertz CT molecular complexity index is 787. The zero-order chi connectivity index (χ0) is 19.9. The molecule has 0 unspecified atom stereocenters. The Morgan fingerprint density at radius 3 is 2.79 bits per heavy atom. The van der Waals surface area contributed by atoms with Gasteiger partial charge in [-0.1, -0.05) is 37.1 Å². The topological polar surface area (TPSA) is 72.3 Å². The zero-order valence-corrected chi connectivity index (χ0v) is 17.7. The predicted octanol–water partition coefficient (Wildman–Crippen LogP) is 3.58. The summed E-state index contributed by atoms with van der Waals surface area (Å²) in [6.45, 7) is 0.582. The summed E-state index contributed by atoms with van der Waals surface area (Å²) in [5.41, 5.74) is 0.981. The Morgan fingerprint density at radius 1 is 1.29 bits per heavy atom. The van der Waals surface area contributed by atoms with Gasteiger partial charge in [0.1, 0.15) is 5.75 Å². The zero-order valence-electron chi connectivity index (χ0n) is 16.9. The third-order valence-corrected chi connectivity index (χ3v) is 5.95. The van der Waals surface area contributed by atoms with E-state index in [1.54, 1.807) is 26.1 Å². The molecule has 2 aromatic rings. The predicted molar refractivity (Wildman–Crippen MR) is 112 cm³/mol. The molecule has 1 aliphatic carbocycles. The van der Waals surface area contributed by atoms with Crippen molar-refractivity contribution in [1.82, 2.24) is 19.7 Å². The van der Waals surface area contributed by atoms with Crippen LogP contribution in [0.25, 0.3) is 0 Å². The highest BCUT2D eigenvalue weighted by Crippen LogP contribution is 2.33. The molecule has 7 nitrogen and oxygen atoms in total. The molecule has 1 aromatic heterocycles. The second kappa shape index (κ2) is 9.82. The second-order valence-corrected chi connectivity index (χ2v) is 8.17. The third-order valence-electron chi connectivity index (χ3n) is 5.02. The van der Waals surface area contributed by atoms with Crippen molar-refractivity contribution in [2.75, 3.05) is 32.3 Å². The normalized spacial score (nSPS) is 14.7. The van der Waals surface area contributed by atoms with Crippen molar-refractivity contribution in [3.05, 3.63) is 30.1 Å². The van der Waals surface area contributed by atoms with E-state index in [1.807, 2.05) is 24.3 Å². The average Bonchev–Trinajstić information content (AvgIpc) is 3.14. The molecule has 1 aromatic carbocycles. The van der Waals surface area contributed by atoms with E-state index in [-0.39, 0.29) is 5.91 Å². The highest BCUT2D eigenvalue weighted by Gasteiger charge is 2.23. The van der Waals surface area contributed by atoms with Crippen molar-refractivity contribution >= 4 is 23.4 Å². The molecule has 8 heteroatoms. The van der Waals surface area contributed by atoms with Gasteiger partial charge in [0.05, 0.1) is 19.4 Å². The summed E-state index contributed by atoms with van der Waals surface area (Å²) in [6.07, 6.45) is 6.02. The maximum absolute atomic E-state index is 12.0. The van der Waals surface area contributed by atoms with Crippen LogP contribution in [-0.4, -0.2) is 52.5 Å². The molecule has 1 N–H and O–H groups in total. The molecule has 0 spiro atoms. The Hall–Kier alpha value is -2.22. The molecule has 1 saturated carbocycles. The van der Waals surface area contributed by atoms with Crippen molar-refractivity contribution in [2.45, 2.75) is 49.8 Å². The van der Waals surface area contributed by atoms with Gasteiger partial charge >= 0.3 is 0 Å². The minimum Gasteiger partial charge on any atom is -0.497 e. The molecule has 152 valence electrons. The van der Waals surface area contributed by atoms with Gasteiger partial charge in [-0.25, -0.2) is 0 Å². The van der Waals surface area contributed by atoms with E-state index in [1.165, 1.54) is 31.0 Å². The lowest BCUT2D eigenvalue weighted by Crippen LogP contribution is -2.24. The summed E-state index contributed by atoms with van der Waals surface area (Å²) in [4.78, 5) is 13.6. The SMILES string of the molecule is COc1cccc(NCc2nnc(SCC(=O)N(C)C)n2C2CCCCC2)c1. The molecule has 0 bridgehead atoms. The van der Waals surface area contributed by atoms with Crippen LogP contribution in [0.15, 0.2) is 29.4 Å². The quantitative estimate of drug-likeness (QED) is 0.679. The van der Waals surface area contributed by atoms with Gasteiger partial charge in [0.2, 0.25) is 5.91 Å².